The summed E-state index contributed by atoms with van der Waals surface area (Å²) in [6, 6.07) is 19.6. The van der Waals surface area contributed by atoms with E-state index in [1.807, 2.05) is 60.7 Å². The average molecular weight is 465 g/mol. The topological polar surface area (TPSA) is 103 Å². The number of hydrogen-bond acceptors (Lipinski definition) is 6. The number of fused-ring (bicyclic) bond motifs is 1. The number of H-pyrrole nitrogens is 1. The van der Waals surface area contributed by atoms with Gasteiger partial charge in [-0.3, -0.25) is 14.3 Å². The number of hydrogen-bond donors (Lipinski definition) is 2. The van der Waals surface area contributed by atoms with E-state index in [9.17, 15) is 14.7 Å². The Hall–Kier alpha value is -3.04. The van der Waals surface area contributed by atoms with E-state index in [-0.39, 0.29) is 12.7 Å². The van der Waals surface area contributed by atoms with Gasteiger partial charge in [0, 0.05) is 11.8 Å². The molecule has 3 aromatic rings. The van der Waals surface area contributed by atoms with Crippen LogP contribution in [-0.2, 0) is 27.4 Å². The van der Waals surface area contributed by atoms with Crippen LogP contribution in [0.5, 0.6) is 0 Å². The van der Waals surface area contributed by atoms with Crippen LogP contribution in [0.15, 0.2) is 76.4 Å². The van der Waals surface area contributed by atoms with E-state index in [4.69, 9.17) is 14.2 Å². The largest absolute Gasteiger partial charge is 0.385 e. The summed E-state index contributed by atoms with van der Waals surface area (Å²) in [5.74, 6) is 0. The van der Waals surface area contributed by atoms with Crippen LogP contribution in [-0.4, -0.2) is 38.6 Å². The first-order chi connectivity index (χ1) is 16.5. The number of ether oxygens (including phenoxy) is 3. The number of aliphatic hydroxyl groups is 1. The van der Waals surface area contributed by atoms with Crippen molar-refractivity contribution < 1.29 is 19.3 Å². The molecule has 1 aliphatic carbocycles. The van der Waals surface area contributed by atoms with Gasteiger partial charge in [0.15, 0.2) is 6.23 Å². The van der Waals surface area contributed by atoms with Gasteiger partial charge in [0.05, 0.1) is 19.3 Å². The molecule has 34 heavy (non-hydrogen) atoms. The molecular weight excluding hydrogens is 436 g/mol. The molecule has 8 heteroatoms. The minimum Gasteiger partial charge on any atom is -0.385 e. The molecule has 1 aromatic heterocycles. The molecule has 2 heterocycles. The number of rotatable bonds is 7. The van der Waals surface area contributed by atoms with E-state index in [0.29, 0.717) is 25.0 Å². The van der Waals surface area contributed by atoms with Crippen molar-refractivity contribution in [3.05, 3.63) is 104 Å². The van der Waals surface area contributed by atoms with E-state index in [1.165, 1.54) is 10.8 Å². The predicted octanol–water partition coefficient (Wildman–Crippen LogP) is 2.44. The van der Waals surface area contributed by atoms with Crippen molar-refractivity contribution in [1.29, 1.82) is 0 Å². The highest BCUT2D eigenvalue weighted by atomic mass is 16.6. The van der Waals surface area contributed by atoms with Gasteiger partial charge in [-0.25, -0.2) is 4.79 Å². The molecule has 2 fully saturated rings. The summed E-state index contributed by atoms with van der Waals surface area (Å²) in [6.45, 7) is 2.29. The lowest BCUT2D eigenvalue weighted by molar-refractivity contribution is -0.142. The van der Waals surface area contributed by atoms with Crippen LogP contribution in [0.3, 0.4) is 0 Å². The number of aryl methyl sites for hydroxylation is 1. The molecule has 2 aliphatic rings. The molecule has 2 aromatic carbocycles. The Morgan fingerprint density at radius 2 is 1.71 bits per heavy atom. The van der Waals surface area contributed by atoms with Crippen LogP contribution in [0.2, 0.25) is 0 Å². The highest BCUT2D eigenvalue weighted by Gasteiger charge is 2.64. The Kier molecular flexibility index (Phi) is 6.22. The Morgan fingerprint density at radius 3 is 2.38 bits per heavy atom. The van der Waals surface area contributed by atoms with Crippen molar-refractivity contribution in [2.24, 2.45) is 0 Å². The van der Waals surface area contributed by atoms with E-state index >= 15 is 0 Å². The van der Waals surface area contributed by atoms with Crippen LogP contribution < -0.4 is 11.2 Å². The lowest BCUT2D eigenvalue weighted by Crippen LogP contribution is -2.49. The third-order valence-corrected chi connectivity index (χ3v) is 6.77. The van der Waals surface area contributed by atoms with E-state index in [0.717, 1.165) is 11.1 Å². The van der Waals surface area contributed by atoms with Crippen molar-refractivity contribution in [3.63, 3.8) is 0 Å². The summed E-state index contributed by atoms with van der Waals surface area (Å²) in [7, 11) is 0. The van der Waals surface area contributed by atoms with Crippen LogP contribution in [0, 0.1) is 6.92 Å². The molecule has 0 radical (unpaired) electrons. The predicted molar refractivity (Wildman–Crippen MR) is 124 cm³/mol. The maximum atomic E-state index is 12.6. The number of aromatic amines is 1. The summed E-state index contributed by atoms with van der Waals surface area (Å²) < 4.78 is 20.2. The summed E-state index contributed by atoms with van der Waals surface area (Å²) in [4.78, 5) is 26.7. The van der Waals surface area contributed by atoms with Gasteiger partial charge in [-0.1, -0.05) is 60.7 Å². The Morgan fingerprint density at radius 1 is 1.06 bits per heavy atom. The Labute approximate surface area is 196 Å². The molecule has 5 atom stereocenters. The van der Waals surface area contributed by atoms with Gasteiger partial charge < -0.3 is 19.3 Å². The van der Waals surface area contributed by atoms with Crippen molar-refractivity contribution >= 4 is 0 Å². The minimum absolute atomic E-state index is 0.287. The zero-order valence-corrected chi connectivity index (χ0v) is 18.9. The summed E-state index contributed by atoms with van der Waals surface area (Å²) in [5, 5.41) is 11.5. The maximum Gasteiger partial charge on any atom is 0.330 e. The minimum atomic E-state index is -1.13. The van der Waals surface area contributed by atoms with Crippen molar-refractivity contribution in [2.45, 2.75) is 63.1 Å². The quantitative estimate of drug-likeness (QED) is 0.557. The molecule has 0 amide bonds. The SMILES string of the molecule is Cc1cn([C@@H]2O[C@@H]3[C@H](OCc4ccccc4)CC[C@]3(OCc3ccccc3)[C@H]2O)c(=O)[nH]c1=O. The first-order valence-corrected chi connectivity index (χ1v) is 11.5. The zero-order chi connectivity index (χ0) is 23.7. The van der Waals surface area contributed by atoms with Gasteiger partial charge in [0.1, 0.15) is 17.8 Å². The fourth-order valence-electron chi connectivity index (χ4n) is 4.93. The third kappa shape index (κ3) is 4.14. The second-order valence-electron chi connectivity index (χ2n) is 8.97. The second-order valence-corrected chi connectivity index (χ2v) is 8.97. The molecule has 8 nitrogen and oxygen atoms in total. The number of benzene rings is 2. The first-order valence-electron chi connectivity index (χ1n) is 11.5. The monoisotopic (exact) mass is 464 g/mol. The second kappa shape index (κ2) is 9.31. The number of nitrogens with one attached hydrogen (secondary N) is 1. The fourth-order valence-corrected chi connectivity index (χ4v) is 4.93. The first kappa shape index (κ1) is 22.7. The van der Waals surface area contributed by atoms with Crippen LogP contribution in [0.4, 0.5) is 0 Å². The number of nitrogens with zero attached hydrogens (tertiary/aromatic N) is 1. The molecule has 1 aliphatic heterocycles. The normalized spacial score (nSPS) is 28.2. The molecule has 5 rings (SSSR count). The fraction of sp³-hybridized carbons (Fsp3) is 0.385. The molecule has 178 valence electrons. The average Bonchev–Trinajstić information content (AvgIpc) is 3.34. The van der Waals surface area contributed by atoms with Crippen LogP contribution in [0.25, 0.3) is 0 Å². The highest BCUT2D eigenvalue weighted by Crippen LogP contribution is 2.50. The molecule has 0 bridgehead atoms. The van der Waals surface area contributed by atoms with Crippen molar-refractivity contribution in [2.75, 3.05) is 0 Å². The van der Waals surface area contributed by atoms with Gasteiger partial charge >= 0.3 is 5.69 Å². The Bertz CT molecular complexity index is 1240. The summed E-state index contributed by atoms with van der Waals surface area (Å²) >= 11 is 0. The molecule has 2 N–H and O–H groups in total. The third-order valence-electron chi connectivity index (χ3n) is 6.77. The Balaban J connectivity index is 1.44. The van der Waals surface area contributed by atoms with Gasteiger partial charge in [-0.05, 0) is 30.9 Å². The van der Waals surface area contributed by atoms with E-state index < -0.39 is 35.3 Å². The van der Waals surface area contributed by atoms with Crippen molar-refractivity contribution in [3.8, 4) is 0 Å². The maximum absolute atomic E-state index is 12.6. The van der Waals surface area contributed by atoms with Crippen LogP contribution >= 0.6 is 0 Å². The standard InChI is InChI=1S/C26H28N2O6/c1-17-14-28(25(31)27-23(17)30)24-21(29)26(33-16-19-10-6-3-7-11-19)13-12-20(22(26)34-24)32-15-18-8-4-2-5-9-18/h2-11,14,20-22,24,29H,12-13,15-16H2,1H3,(H,27,30,31)/t20-,21+,22-,24-,26+/m1/s1. The number of aromatic nitrogens is 2. The van der Waals surface area contributed by atoms with Crippen molar-refractivity contribution in [1.82, 2.24) is 9.55 Å². The number of aliphatic hydroxyl groups excluding tert-OH is 1. The highest BCUT2D eigenvalue weighted by molar-refractivity contribution is 5.17. The molecule has 1 saturated carbocycles. The van der Waals surface area contributed by atoms with E-state index in [1.54, 1.807) is 6.92 Å². The van der Waals surface area contributed by atoms with Gasteiger partial charge in [-0.2, -0.15) is 0 Å². The summed E-state index contributed by atoms with van der Waals surface area (Å²) in [5.41, 5.74) is 0.201. The van der Waals surface area contributed by atoms with E-state index in [2.05, 4.69) is 4.98 Å². The molecule has 0 spiro atoms. The molecule has 1 saturated heterocycles. The van der Waals surface area contributed by atoms with Crippen LogP contribution in [0.1, 0.15) is 35.8 Å². The van der Waals surface area contributed by atoms with Gasteiger partial charge in [-0.15, -0.1) is 0 Å². The smallest absolute Gasteiger partial charge is 0.330 e. The molecule has 0 unspecified atom stereocenters. The lowest BCUT2D eigenvalue weighted by Gasteiger charge is -2.32. The zero-order valence-electron chi connectivity index (χ0n) is 18.9. The van der Waals surface area contributed by atoms with Gasteiger partial charge in [0.2, 0.25) is 0 Å². The molecular formula is C26H28N2O6. The van der Waals surface area contributed by atoms with Gasteiger partial charge in [0.25, 0.3) is 5.56 Å². The lowest BCUT2D eigenvalue weighted by atomic mass is 9.93. The summed E-state index contributed by atoms with van der Waals surface area (Å²) in [6.07, 6.45) is -0.467.